The van der Waals surface area contributed by atoms with Crippen LogP contribution in [0.15, 0.2) is 59.4 Å². The summed E-state index contributed by atoms with van der Waals surface area (Å²) in [5.74, 6) is -0.344. The number of para-hydroxylation sites is 2. The first-order chi connectivity index (χ1) is 13.3. The SMILES string of the molecule is CC(C)(C)Cn1nc(C(=O)Nc2ccccc2)c2c([nH]c3ccccc32)c1=O. The average molecular weight is 374 g/mol. The molecular formula is C22H22N4O2. The van der Waals surface area contributed by atoms with E-state index in [1.807, 2.05) is 75.4 Å². The Labute approximate surface area is 162 Å². The Kier molecular flexibility index (Phi) is 4.26. The first-order valence-corrected chi connectivity index (χ1v) is 9.21. The van der Waals surface area contributed by atoms with Crippen LogP contribution >= 0.6 is 0 Å². The number of carbonyl (C=O) groups excluding carboxylic acids is 1. The van der Waals surface area contributed by atoms with E-state index >= 15 is 0 Å². The van der Waals surface area contributed by atoms with Crippen molar-refractivity contribution in [2.75, 3.05) is 5.32 Å². The number of rotatable bonds is 3. The molecule has 0 aliphatic carbocycles. The summed E-state index contributed by atoms with van der Waals surface area (Å²) in [6, 6.07) is 16.8. The van der Waals surface area contributed by atoms with E-state index in [1.54, 1.807) is 0 Å². The number of H-pyrrole nitrogens is 1. The lowest BCUT2D eigenvalue weighted by molar-refractivity contribution is 0.102. The molecule has 6 nitrogen and oxygen atoms in total. The summed E-state index contributed by atoms with van der Waals surface area (Å²) in [5, 5.41) is 8.72. The second-order valence-electron chi connectivity index (χ2n) is 8.11. The Balaban J connectivity index is 1.95. The van der Waals surface area contributed by atoms with Gasteiger partial charge in [0.05, 0.1) is 0 Å². The van der Waals surface area contributed by atoms with Crippen molar-refractivity contribution in [2.45, 2.75) is 27.3 Å². The van der Waals surface area contributed by atoms with Gasteiger partial charge in [0.15, 0.2) is 5.69 Å². The lowest BCUT2D eigenvalue weighted by Gasteiger charge is -2.19. The topological polar surface area (TPSA) is 79.8 Å². The first-order valence-electron chi connectivity index (χ1n) is 9.21. The second kappa shape index (κ2) is 6.64. The number of carbonyl (C=O) groups is 1. The summed E-state index contributed by atoms with van der Waals surface area (Å²) in [6.07, 6.45) is 0. The minimum absolute atomic E-state index is 0.163. The molecule has 142 valence electrons. The van der Waals surface area contributed by atoms with Gasteiger partial charge in [0.25, 0.3) is 11.5 Å². The molecule has 0 atom stereocenters. The Morgan fingerprint density at radius 1 is 1.07 bits per heavy atom. The largest absolute Gasteiger partial charge is 0.350 e. The summed E-state index contributed by atoms with van der Waals surface area (Å²) in [4.78, 5) is 29.3. The van der Waals surface area contributed by atoms with Crippen LogP contribution < -0.4 is 10.9 Å². The van der Waals surface area contributed by atoms with Crippen molar-refractivity contribution in [3.8, 4) is 0 Å². The molecule has 4 rings (SSSR count). The maximum atomic E-state index is 13.1. The summed E-state index contributed by atoms with van der Waals surface area (Å²) >= 11 is 0. The summed E-state index contributed by atoms with van der Waals surface area (Å²) in [6.45, 7) is 6.49. The van der Waals surface area contributed by atoms with E-state index in [0.717, 1.165) is 10.9 Å². The van der Waals surface area contributed by atoms with Crippen molar-refractivity contribution in [3.63, 3.8) is 0 Å². The van der Waals surface area contributed by atoms with Crippen molar-refractivity contribution >= 4 is 33.4 Å². The number of aromatic nitrogens is 3. The van der Waals surface area contributed by atoms with Crippen LogP contribution in [0, 0.1) is 5.41 Å². The number of amides is 1. The Bertz CT molecular complexity index is 1230. The van der Waals surface area contributed by atoms with E-state index in [1.165, 1.54) is 4.68 Å². The molecule has 0 radical (unpaired) electrons. The molecule has 0 aliphatic heterocycles. The van der Waals surface area contributed by atoms with Crippen LogP contribution in [0.2, 0.25) is 0 Å². The number of aromatic amines is 1. The molecule has 0 bridgehead atoms. The van der Waals surface area contributed by atoms with Crippen LogP contribution in [0.25, 0.3) is 21.8 Å². The zero-order valence-electron chi connectivity index (χ0n) is 16.1. The number of hydrogen-bond acceptors (Lipinski definition) is 3. The molecule has 0 aliphatic rings. The quantitative estimate of drug-likeness (QED) is 0.565. The van der Waals surface area contributed by atoms with Crippen LogP contribution in [-0.2, 0) is 6.54 Å². The van der Waals surface area contributed by atoms with E-state index in [2.05, 4.69) is 15.4 Å². The lowest BCUT2D eigenvalue weighted by Crippen LogP contribution is -2.31. The maximum Gasteiger partial charge on any atom is 0.291 e. The van der Waals surface area contributed by atoms with Gasteiger partial charge in [-0.1, -0.05) is 57.2 Å². The minimum Gasteiger partial charge on any atom is -0.350 e. The molecule has 0 saturated heterocycles. The van der Waals surface area contributed by atoms with E-state index in [4.69, 9.17) is 0 Å². The molecule has 4 aromatic rings. The number of fused-ring (bicyclic) bond motifs is 3. The molecule has 1 amide bonds. The normalized spacial score (nSPS) is 11.8. The van der Waals surface area contributed by atoms with Crippen molar-refractivity contribution in [2.24, 2.45) is 5.41 Å². The van der Waals surface area contributed by atoms with Gasteiger partial charge in [0, 0.05) is 28.5 Å². The summed E-state index contributed by atoms with van der Waals surface area (Å²) in [5.41, 5.74) is 1.73. The van der Waals surface area contributed by atoms with Gasteiger partial charge in [-0.25, -0.2) is 4.68 Å². The number of benzene rings is 2. The second-order valence-corrected chi connectivity index (χ2v) is 8.11. The third-order valence-corrected chi connectivity index (χ3v) is 4.48. The van der Waals surface area contributed by atoms with Crippen LogP contribution in [-0.4, -0.2) is 20.7 Å². The van der Waals surface area contributed by atoms with Crippen molar-refractivity contribution in [3.05, 3.63) is 70.6 Å². The Morgan fingerprint density at radius 2 is 1.75 bits per heavy atom. The standard InChI is InChI=1S/C22H22N4O2/c1-22(2,3)13-26-21(28)19-17(15-11-7-8-12-16(15)24-19)18(25-26)20(27)23-14-9-5-4-6-10-14/h4-12,24H,13H2,1-3H3,(H,23,27). The van der Waals surface area contributed by atoms with Crippen LogP contribution in [0.3, 0.4) is 0 Å². The number of hydrogen-bond donors (Lipinski definition) is 2. The number of anilines is 1. The van der Waals surface area contributed by atoms with Crippen LogP contribution in [0.1, 0.15) is 31.3 Å². The van der Waals surface area contributed by atoms with Crippen molar-refractivity contribution in [1.82, 2.24) is 14.8 Å². The highest BCUT2D eigenvalue weighted by molar-refractivity contribution is 6.19. The zero-order valence-corrected chi connectivity index (χ0v) is 16.1. The van der Waals surface area contributed by atoms with Crippen molar-refractivity contribution < 1.29 is 4.79 Å². The fraction of sp³-hybridized carbons (Fsp3) is 0.227. The molecule has 0 unspecified atom stereocenters. The zero-order chi connectivity index (χ0) is 19.9. The smallest absolute Gasteiger partial charge is 0.291 e. The summed E-state index contributed by atoms with van der Waals surface area (Å²) in [7, 11) is 0. The molecule has 0 saturated carbocycles. The van der Waals surface area contributed by atoms with Gasteiger partial charge < -0.3 is 10.3 Å². The number of nitrogens with one attached hydrogen (secondary N) is 2. The van der Waals surface area contributed by atoms with Gasteiger partial charge in [0.2, 0.25) is 0 Å². The lowest BCUT2D eigenvalue weighted by atomic mass is 9.97. The molecule has 2 N–H and O–H groups in total. The van der Waals surface area contributed by atoms with Gasteiger partial charge in [0.1, 0.15) is 5.52 Å². The Hall–Kier alpha value is -3.41. The molecule has 28 heavy (non-hydrogen) atoms. The fourth-order valence-corrected chi connectivity index (χ4v) is 3.32. The van der Waals surface area contributed by atoms with E-state index in [9.17, 15) is 9.59 Å². The summed E-state index contributed by atoms with van der Waals surface area (Å²) < 4.78 is 1.39. The molecule has 2 aromatic carbocycles. The Morgan fingerprint density at radius 3 is 2.46 bits per heavy atom. The van der Waals surface area contributed by atoms with Gasteiger partial charge >= 0.3 is 0 Å². The van der Waals surface area contributed by atoms with Crippen LogP contribution in [0.5, 0.6) is 0 Å². The van der Waals surface area contributed by atoms with E-state index in [0.29, 0.717) is 23.1 Å². The van der Waals surface area contributed by atoms with E-state index < -0.39 is 0 Å². The average Bonchev–Trinajstić information content (AvgIpc) is 3.04. The van der Waals surface area contributed by atoms with Gasteiger partial charge in [-0.3, -0.25) is 9.59 Å². The third-order valence-electron chi connectivity index (χ3n) is 4.48. The molecule has 2 heterocycles. The fourth-order valence-electron chi connectivity index (χ4n) is 3.32. The van der Waals surface area contributed by atoms with Gasteiger partial charge in [-0.05, 0) is 23.6 Å². The molecule has 0 fully saturated rings. The molecule has 2 aromatic heterocycles. The molecular weight excluding hydrogens is 352 g/mol. The predicted octanol–water partition coefficient (Wildman–Crippen LogP) is 4.18. The first kappa shape index (κ1) is 18.0. The predicted molar refractivity (Wildman–Crippen MR) is 112 cm³/mol. The highest BCUT2D eigenvalue weighted by Crippen LogP contribution is 2.26. The van der Waals surface area contributed by atoms with Crippen LogP contribution in [0.4, 0.5) is 5.69 Å². The minimum atomic E-state index is -0.344. The van der Waals surface area contributed by atoms with Crippen molar-refractivity contribution in [1.29, 1.82) is 0 Å². The highest BCUT2D eigenvalue weighted by Gasteiger charge is 2.23. The van der Waals surface area contributed by atoms with Gasteiger partial charge in [-0.15, -0.1) is 0 Å². The molecule has 0 spiro atoms. The monoisotopic (exact) mass is 374 g/mol. The van der Waals surface area contributed by atoms with E-state index in [-0.39, 0.29) is 22.6 Å². The third kappa shape index (κ3) is 3.29. The molecule has 6 heteroatoms. The van der Waals surface area contributed by atoms with Gasteiger partial charge in [-0.2, -0.15) is 5.10 Å². The maximum absolute atomic E-state index is 13.1. The highest BCUT2D eigenvalue weighted by atomic mass is 16.2. The number of nitrogens with zero attached hydrogens (tertiary/aromatic N) is 2.